The summed E-state index contributed by atoms with van der Waals surface area (Å²) < 4.78 is 1.86. The first kappa shape index (κ1) is 29.1. The molecule has 1 fully saturated rings. The number of unbranched alkanes of at least 4 members (excludes halogenated alkanes) is 1. The lowest BCUT2D eigenvalue weighted by Gasteiger charge is -2.38. The van der Waals surface area contributed by atoms with E-state index in [0.717, 1.165) is 50.0 Å². The van der Waals surface area contributed by atoms with Gasteiger partial charge in [0.05, 0.1) is 23.6 Å². The van der Waals surface area contributed by atoms with Gasteiger partial charge in [0.25, 0.3) is 5.91 Å². The van der Waals surface area contributed by atoms with Crippen LogP contribution in [0.1, 0.15) is 65.7 Å². The fourth-order valence-electron chi connectivity index (χ4n) is 5.95. The molecule has 1 saturated heterocycles. The summed E-state index contributed by atoms with van der Waals surface area (Å²) in [5.74, 6) is -0.195. The SMILES string of the molecule is CCCCN(C(N)=O)c1c(C)cc(-n2ccnc2)cc1C(=O)NC1CCN(C(c2ccccc2)c2ccccc2)CC1. The summed E-state index contributed by atoms with van der Waals surface area (Å²) in [6.45, 7) is 6.14. The lowest BCUT2D eigenvalue weighted by Crippen LogP contribution is -2.46. The molecule has 1 aliphatic heterocycles. The van der Waals surface area contributed by atoms with Crippen LogP contribution < -0.4 is 16.0 Å². The van der Waals surface area contributed by atoms with Crippen LogP contribution in [0.3, 0.4) is 0 Å². The van der Waals surface area contributed by atoms with Crippen molar-refractivity contribution in [2.24, 2.45) is 5.73 Å². The van der Waals surface area contributed by atoms with Gasteiger partial charge in [0, 0.05) is 43.8 Å². The Morgan fingerprint density at radius 1 is 1.02 bits per heavy atom. The first-order valence-electron chi connectivity index (χ1n) is 14.8. The number of carbonyl (C=O) groups is 2. The van der Waals surface area contributed by atoms with Gasteiger partial charge < -0.3 is 15.6 Å². The lowest BCUT2D eigenvalue weighted by molar-refractivity contribution is 0.0901. The maximum absolute atomic E-state index is 13.9. The number of rotatable bonds is 10. The molecule has 42 heavy (non-hydrogen) atoms. The summed E-state index contributed by atoms with van der Waals surface area (Å²) in [6.07, 6.45) is 8.58. The molecule has 0 aliphatic carbocycles. The number of imidazole rings is 1. The van der Waals surface area contributed by atoms with Gasteiger partial charge in [-0.2, -0.15) is 0 Å². The molecular formula is C34H40N6O2. The number of nitrogens with two attached hydrogens (primary N) is 1. The molecule has 8 heteroatoms. The van der Waals surface area contributed by atoms with Gasteiger partial charge in [0.2, 0.25) is 0 Å². The minimum Gasteiger partial charge on any atom is -0.351 e. The number of benzene rings is 3. The number of hydrogen-bond acceptors (Lipinski definition) is 4. The van der Waals surface area contributed by atoms with E-state index in [1.807, 2.05) is 42.0 Å². The Kier molecular flexibility index (Phi) is 9.34. The molecule has 0 bridgehead atoms. The molecule has 0 radical (unpaired) electrons. The summed E-state index contributed by atoms with van der Waals surface area (Å²) in [5, 5.41) is 3.29. The molecule has 218 valence electrons. The van der Waals surface area contributed by atoms with E-state index in [2.05, 4.69) is 70.7 Å². The van der Waals surface area contributed by atoms with Gasteiger partial charge in [-0.05, 0) is 55.0 Å². The molecule has 4 aromatic rings. The highest BCUT2D eigenvalue weighted by Gasteiger charge is 2.30. The van der Waals surface area contributed by atoms with E-state index in [-0.39, 0.29) is 18.0 Å². The quantitative estimate of drug-likeness (QED) is 0.253. The third-order valence-corrected chi connectivity index (χ3v) is 8.06. The van der Waals surface area contributed by atoms with Crippen molar-refractivity contribution in [1.29, 1.82) is 0 Å². The van der Waals surface area contributed by atoms with Crippen LogP contribution in [0.15, 0.2) is 91.5 Å². The van der Waals surface area contributed by atoms with Crippen LogP contribution in [0, 0.1) is 6.92 Å². The number of nitrogens with zero attached hydrogens (tertiary/aromatic N) is 4. The van der Waals surface area contributed by atoms with Gasteiger partial charge >= 0.3 is 6.03 Å². The lowest BCUT2D eigenvalue weighted by atomic mass is 9.93. The predicted molar refractivity (Wildman–Crippen MR) is 167 cm³/mol. The van der Waals surface area contributed by atoms with Crippen LogP contribution >= 0.6 is 0 Å². The van der Waals surface area contributed by atoms with Crippen molar-refractivity contribution < 1.29 is 9.59 Å². The smallest absolute Gasteiger partial charge is 0.319 e. The molecule has 0 saturated carbocycles. The summed E-state index contributed by atoms with van der Waals surface area (Å²) >= 11 is 0. The Hall–Kier alpha value is -4.43. The minimum atomic E-state index is -0.558. The highest BCUT2D eigenvalue weighted by molar-refractivity contribution is 6.05. The van der Waals surface area contributed by atoms with Crippen molar-refractivity contribution in [3.8, 4) is 5.69 Å². The molecule has 3 amide bonds. The molecule has 0 unspecified atom stereocenters. The van der Waals surface area contributed by atoms with Gasteiger partial charge in [0.15, 0.2) is 0 Å². The van der Waals surface area contributed by atoms with Crippen LogP contribution in [0.25, 0.3) is 5.69 Å². The topological polar surface area (TPSA) is 96.5 Å². The Morgan fingerprint density at radius 3 is 2.21 bits per heavy atom. The number of hydrogen-bond donors (Lipinski definition) is 2. The molecule has 3 N–H and O–H groups in total. The fraction of sp³-hybridized carbons (Fsp3) is 0.324. The van der Waals surface area contributed by atoms with Gasteiger partial charge in [-0.3, -0.25) is 14.6 Å². The Bertz CT molecular complexity index is 1430. The van der Waals surface area contributed by atoms with E-state index in [1.165, 1.54) is 11.1 Å². The number of anilines is 1. The van der Waals surface area contributed by atoms with Crippen LogP contribution in [-0.4, -0.2) is 52.1 Å². The van der Waals surface area contributed by atoms with Crippen LogP contribution in [0.5, 0.6) is 0 Å². The van der Waals surface area contributed by atoms with Crippen LogP contribution in [0.4, 0.5) is 10.5 Å². The zero-order valence-electron chi connectivity index (χ0n) is 24.4. The summed E-state index contributed by atoms with van der Waals surface area (Å²) in [4.78, 5) is 34.7. The molecular weight excluding hydrogens is 524 g/mol. The number of aromatic nitrogens is 2. The molecule has 1 aliphatic rings. The number of aryl methyl sites for hydroxylation is 1. The van der Waals surface area contributed by atoms with Gasteiger partial charge in [-0.25, -0.2) is 9.78 Å². The first-order valence-corrected chi connectivity index (χ1v) is 14.8. The van der Waals surface area contributed by atoms with Crippen molar-refractivity contribution >= 4 is 17.6 Å². The largest absolute Gasteiger partial charge is 0.351 e. The number of piperidine rings is 1. The number of amides is 3. The van der Waals surface area contributed by atoms with E-state index in [0.29, 0.717) is 17.8 Å². The van der Waals surface area contributed by atoms with Crippen molar-refractivity contribution in [3.05, 3.63) is 114 Å². The number of primary amides is 1. The summed E-state index contributed by atoms with van der Waals surface area (Å²) in [7, 11) is 0. The monoisotopic (exact) mass is 564 g/mol. The Balaban J connectivity index is 1.37. The highest BCUT2D eigenvalue weighted by atomic mass is 16.2. The average Bonchev–Trinajstić information content (AvgIpc) is 3.55. The van der Waals surface area contributed by atoms with Gasteiger partial charge in [-0.1, -0.05) is 74.0 Å². The predicted octanol–water partition coefficient (Wildman–Crippen LogP) is 5.85. The second kappa shape index (κ2) is 13.5. The average molecular weight is 565 g/mol. The third-order valence-electron chi connectivity index (χ3n) is 8.06. The molecule has 8 nitrogen and oxygen atoms in total. The Morgan fingerprint density at radius 2 is 1.67 bits per heavy atom. The number of urea groups is 1. The summed E-state index contributed by atoms with van der Waals surface area (Å²) in [5.41, 5.74) is 11.0. The fourth-order valence-corrected chi connectivity index (χ4v) is 5.95. The first-order chi connectivity index (χ1) is 20.5. The van der Waals surface area contributed by atoms with Crippen molar-refractivity contribution in [1.82, 2.24) is 19.8 Å². The van der Waals surface area contributed by atoms with Crippen LogP contribution in [-0.2, 0) is 0 Å². The highest BCUT2D eigenvalue weighted by Crippen LogP contribution is 2.32. The van der Waals surface area contributed by atoms with E-state index in [1.54, 1.807) is 17.4 Å². The van der Waals surface area contributed by atoms with E-state index in [9.17, 15) is 9.59 Å². The zero-order valence-corrected chi connectivity index (χ0v) is 24.4. The van der Waals surface area contributed by atoms with Crippen molar-refractivity contribution in [2.75, 3.05) is 24.5 Å². The van der Waals surface area contributed by atoms with E-state index < -0.39 is 6.03 Å². The van der Waals surface area contributed by atoms with Crippen molar-refractivity contribution in [3.63, 3.8) is 0 Å². The standard InChI is InChI=1S/C34H40N6O2/c1-3-4-18-40(34(35)42)31-25(2)22-29(39-21-17-36-24-39)23-30(31)33(41)37-28-15-19-38(20-16-28)32(26-11-7-5-8-12-26)27-13-9-6-10-14-27/h5-14,17,21-24,28,32H,3-4,15-16,18-20H2,1-2H3,(H2,35,42)(H,37,41). The minimum absolute atomic E-state index is 0.0173. The molecule has 0 spiro atoms. The van der Waals surface area contributed by atoms with Crippen molar-refractivity contribution in [2.45, 2.75) is 51.6 Å². The third kappa shape index (κ3) is 6.55. The van der Waals surface area contributed by atoms with E-state index in [4.69, 9.17) is 5.73 Å². The Labute approximate surface area is 248 Å². The normalized spacial score (nSPS) is 14.2. The molecule has 5 rings (SSSR count). The molecule has 0 atom stereocenters. The summed E-state index contributed by atoms with van der Waals surface area (Å²) in [6, 6.07) is 24.6. The van der Waals surface area contributed by atoms with Gasteiger partial charge in [-0.15, -0.1) is 0 Å². The molecule has 3 aromatic carbocycles. The van der Waals surface area contributed by atoms with Gasteiger partial charge in [0.1, 0.15) is 0 Å². The number of likely N-dealkylation sites (tertiary alicyclic amines) is 1. The second-order valence-electron chi connectivity index (χ2n) is 11.0. The maximum atomic E-state index is 13.9. The van der Waals surface area contributed by atoms with E-state index >= 15 is 0 Å². The zero-order chi connectivity index (χ0) is 29.5. The van der Waals surface area contributed by atoms with Crippen LogP contribution in [0.2, 0.25) is 0 Å². The second-order valence-corrected chi connectivity index (χ2v) is 11.0. The molecule has 1 aromatic heterocycles. The maximum Gasteiger partial charge on any atom is 0.319 e. The number of carbonyl (C=O) groups excluding carboxylic acids is 2. The number of nitrogens with one attached hydrogen (secondary N) is 1. The molecule has 2 heterocycles.